The number of halogens is 5. The van der Waals surface area contributed by atoms with Crippen molar-refractivity contribution >= 4 is 57.9 Å². The number of hydrogen-bond acceptors (Lipinski definition) is 7. The van der Waals surface area contributed by atoms with Gasteiger partial charge in [0, 0.05) is 5.02 Å². The van der Waals surface area contributed by atoms with E-state index in [1.54, 1.807) is 30.3 Å². The number of aromatic nitrogens is 3. The first kappa shape index (κ1) is 27.8. The Labute approximate surface area is 220 Å². The Bertz CT molecular complexity index is 1270. The standard InChI is InChI=1S/C19H8Cl4N4O2S.C2H6.CH3F/c20-11-3-10(8-24)4-12(7-11)28-14-5-9(1-2-13(14)21)6-15-25-26-19(29-15)16-17(22)27-30-18(16)23;2*1-2/h1-5,7H,6H2;1-2H3;1H3. The van der Waals surface area contributed by atoms with Crippen LogP contribution in [0.5, 0.6) is 11.5 Å². The van der Waals surface area contributed by atoms with Crippen molar-refractivity contribution in [3.05, 3.63) is 73.0 Å². The van der Waals surface area contributed by atoms with E-state index in [0.717, 1.165) is 17.1 Å². The van der Waals surface area contributed by atoms with E-state index in [-0.39, 0.29) is 11.0 Å². The molecule has 0 saturated heterocycles. The van der Waals surface area contributed by atoms with Gasteiger partial charge in [0.05, 0.1) is 30.3 Å². The number of ether oxygens (including phenoxy) is 1. The van der Waals surface area contributed by atoms with Crippen LogP contribution in [0, 0.1) is 11.3 Å². The van der Waals surface area contributed by atoms with Crippen LogP contribution in [0.3, 0.4) is 0 Å². The Morgan fingerprint density at radius 3 is 2.44 bits per heavy atom. The molecule has 6 nitrogen and oxygen atoms in total. The minimum absolute atomic E-state index is 0.196. The first-order valence-corrected chi connectivity index (χ1v) is 11.9. The van der Waals surface area contributed by atoms with Crippen molar-refractivity contribution in [1.82, 2.24) is 14.6 Å². The molecule has 4 rings (SSSR count). The molecule has 0 amide bonds. The molecule has 12 heteroatoms. The van der Waals surface area contributed by atoms with Gasteiger partial charge in [-0.15, -0.1) is 10.2 Å². The average Bonchev–Trinajstić information content (AvgIpc) is 3.43. The van der Waals surface area contributed by atoms with Crippen molar-refractivity contribution in [1.29, 1.82) is 5.26 Å². The fraction of sp³-hybridized carbons (Fsp3) is 0.182. The number of nitriles is 1. The predicted octanol–water partition coefficient (Wildman–Crippen LogP) is 8.67. The van der Waals surface area contributed by atoms with E-state index in [2.05, 4.69) is 14.6 Å². The molecule has 0 saturated carbocycles. The van der Waals surface area contributed by atoms with Gasteiger partial charge in [0.1, 0.15) is 21.4 Å². The molecule has 0 unspecified atom stereocenters. The second-order valence-corrected chi connectivity index (χ2v) is 8.53. The summed E-state index contributed by atoms with van der Waals surface area (Å²) in [7, 11) is 0.500. The number of alkyl halides is 1. The third-order valence-corrected chi connectivity index (χ3v) is 5.81. The maximum Gasteiger partial charge on any atom is 0.253 e. The summed E-state index contributed by atoms with van der Waals surface area (Å²) >= 11 is 25.4. The minimum atomic E-state index is 0.196. The molecule has 0 radical (unpaired) electrons. The summed E-state index contributed by atoms with van der Waals surface area (Å²) < 4.78 is 25.3. The summed E-state index contributed by atoms with van der Waals surface area (Å²) in [5, 5.41) is 18.1. The molecule has 2 aromatic heterocycles. The molecule has 0 bridgehead atoms. The van der Waals surface area contributed by atoms with Gasteiger partial charge in [-0.3, -0.25) is 4.39 Å². The lowest BCUT2D eigenvalue weighted by Crippen LogP contribution is -1.92. The minimum Gasteiger partial charge on any atom is -0.456 e. The molecule has 0 aliphatic rings. The maximum absolute atomic E-state index is 9.50. The Kier molecular flexibility index (Phi) is 11.0. The molecular formula is C22H17Cl4FN4O2S. The Morgan fingerprint density at radius 2 is 1.79 bits per heavy atom. The predicted molar refractivity (Wildman–Crippen MR) is 134 cm³/mol. The molecule has 0 spiro atoms. The highest BCUT2D eigenvalue weighted by Gasteiger charge is 2.19. The third-order valence-electron chi connectivity index (χ3n) is 3.87. The lowest BCUT2D eigenvalue weighted by molar-refractivity contribution is 0.481. The second kappa shape index (κ2) is 13.5. The molecule has 0 atom stereocenters. The van der Waals surface area contributed by atoms with E-state index in [4.69, 9.17) is 60.8 Å². The fourth-order valence-electron chi connectivity index (χ4n) is 2.57. The van der Waals surface area contributed by atoms with Gasteiger partial charge in [-0.05, 0) is 47.4 Å². The summed E-state index contributed by atoms with van der Waals surface area (Å²) in [6, 6.07) is 12.0. The average molecular weight is 562 g/mol. The zero-order chi connectivity index (χ0) is 25.3. The van der Waals surface area contributed by atoms with Gasteiger partial charge in [-0.1, -0.05) is 66.3 Å². The summed E-state index contributed by atoms with van der Waals surface area (Å²) in [6.07, 6.45) is 0.326. The van der Waals surface area contributed by atoms with Crippen molar-refractivity contribution in [3.8, 4) is 29.0 Å². The van der Waals surface area contributed by atoms with Crippen LogP contribution in [-0.4, -0.2) is 21.7 Å². The molecule has 0 fully saturated rings. The lowest BCUT2D eigenvalue weighted by atomic mass is 10.1. The number of benzene rings is 2. The van der Waals surface area contributed by atoms with Gasteiger partial charge in [-0.2, -0.15) is 9.64 Å². The van der Waals surface area contributed by atoms with Crippen LogP contribution >= 0.6 is 57.9 Å². The molecule has 2 aromatic carbocycles. The molecule has 0 N–H and O–H groups in total. The van der Waals surface area contributed by atoms with E-state index in [9.17, 15) is 4.39 Å². The van der Waals surface area contributed by atoms with Gasteiger partial charge < -0.3 is 9.15 Å². The van der Waals surface area contributed by atoms with Gasteiger partial charge in [0.15, 0.2) is 5.15 Å². The molecule has 2 heterocycles. The van der Waals surface area contributed by atoms with Gasteiger partial charge >= 0.3 is 0 Å². The summed E-state index contributed by atoms with van der Waals surface area (Å²) in [5.41, 5.74) is 1.60. The summed E-state index contributed by atoms with van der Waals surface area (Å²) in [5.74, 6) is 1.34. The molecule has 4 aromatic rings. The summed E-state index contributed by atoms with van der Waals surface area (Å²) in [6.45, 7) is 4.00. The Hall–Kier alpha value is -2.41. The van der Waals surface area contributed by atoms with Crippen molar-refractivity contribution in [3.63, 3.8) is 0 Å². The lowest BCUT2D eigenvalue weighted by Gasteiger charge is -2.10. The highest BCUT2D eigenvalue weighted by atomic mass is 35.5. The van der Waals surface area contributed by atoms with Crippen LogP contribution < -0.4 is 4.74 Å². The van der Waals surface area contributed by atoms with E-state index in [0.29, 0.717) is 56.5 Å². The first-order chi connectivity index (χ1) is 16.4. The third kappa shape index (κ3) is 7.05. The van der Waals surface area contributed by atoms with Crippen LogP contribution in [-0.2, 0) is 6.42 Å². The second-order valence-electron chi connectivity index (χ2n) is 5.95. The highest BCUT2D eigenvalue weighted by Crippen LogP contribution is 2.37. The molecule has 0 aliphatic heterocycles. The van der Waals surface area contributed by atoms with E-state index in [1.807, 2.05) is 26.0 Å². The van der Waals surface area contributed by atoms with Crippen molar-refractivity contribution in [2.24, 2.45) is 0 Å². The number of rotatable bonds is 5. The molecular weight excluding hydrogens is 545 g/mol. The zero-order valence-electron chi connectivity index (χ0n) is 18.1. The number of nitrogens with zero attached hydrogens (tertiary/aromatic N) is 4. The van der Waals surface area contributed by atoms with Gasteiger partial charge in [0.25, 0.3) is 5.89 Å². The van der Waals surface area contributed by atoms with E-state index >= 15 is 0 Å². The van der Waals surface area contributed by atoms with Crippen LogP contribution in [0.4, 0.5) is 4.39 Å². The molecule has 0 aliphatic carbocycles. The highest BCUT2D eigenvalue weighted by molar-refractivity contribution is 7.11. The van der Waals surface area contributed by atoms with E-state index < -0.39 is 0 Å². The molecule has 34 heavy (non-hydrogen) atoms. The largest absolute Gasteiger partial charge is 0.456 e. The first-order valence-electron chi connectivity index (χ1n) is 9.61. The van der Waals surface area contributed by atoms with Crippen molar-refractivity contribution < 1.29 is 13.5 Å². The monoisotopic (exact) mass is 560 g/mol. The van der Waals surface area contributed by atoms with Crippen LogP contribution in [0.15, 0.2) is 40.8 Å². The van der Waals surface area contributed by atoms with Gasteiger partial charge in [0.2, 0.25) is 5.89 Å². The van der Waals surface area contributed by atoms with Crippen LogP contribution in [0.1, 0.15) is 30.9 Å². The molecule has 178 valence electrons. The quantitative estimate of drug-likeness (QED) is 0.242. The SMILES string of the molecule is CC.CF.N#Cc1cc(Cl)cc(Oc2cc(Cc3nnc(-c4c(Cl)nsc4Cl)o3)ccc2Cl)c1. The zero-order valence-corrected chi connectivity index (χ0v) is 21.9. The van der Waals surface area contributed by atoms with E-state index in [1.165, 1.54) is 0 Å². The van der Waals surface area contributed by atoms with Gasteiger partial charge in [-0.25, -0.2) is 0 Å². The topological polar surface area (TPSA) is 84.8 Å². The van der Waals surface area contributed by atoms with Crippen molar-refractivity contribution in [2.45, 2.75) is 20.3 Å². The summed E-state index contributed by atoms with van der Waals surface area (Å²) in [4.78, 5) is 0. The maximum atomic E-state index is 9.50. The van der Waals surface area contributed by atoms with Crippen molar-refractivity contribution in [2.75, 3.05) is 7.18 Å². The Balaban J connectivity index is 0.000000970. The number of hydrogen-bond donors (Lipinski definition) is 0. The fourth-order valence-corrected chi connectivity index (χ4v) is 4.14. The smallest absolute Gasteiger partial charge is 0.253 e. The van der Waals surface area contributed by atoms with Crippen LogP contribution in [0.25, 0.3) is 11.5 Å². The normalized spacial score (nSPS) is 9.85. The van der Waals surface area contributed by atoms with Crippen LogP contribution in [0.2, 0.25) is 19.5 Å². The Morgan fingerprint density at radius 1 is 1.06 bits per heavy atom.